The maximum atomic E-state index is 11.5. The minimum Gasteiger partial charge on any atom is -0.369 e. The smallest absolute Gasteiger partial charge is 0.294 e. The van der Waals surface area contributed by atoms with E-state index < -0.39 is 28.0 Å². The number of nitrogens with zero attached hydrogens (tertiary/aromatic N) is 1. The van der Waals surface area contributed by atoms with Gasteiger partial charge in [-0.2, -0.15) is 8.42 Å². The van der Waals surface area contributed by atoms with Crippen LogP contribution in [0.1, 0.15) is 22.7 Å². The van der Waals surface area contributed by atoms with E-state index in [-0.39, 0.29) is 4.90 Å². The van der Waals surface area contributed by atoms with Crippen molar-refractivity contribution < 1.29 is 17.8 Å². The van der Waals surface area contributed by atoms with Crippen molar-refractivity contribution >= 4 is 22.2 Å². The van der Waals surface area contributed by atoms with Crippen LogP contribution < -0.4 is 5.73 Å². The van der Waals surface area contributed by atoms with Crippen LogP contribution in [0, 0.1) is 19.8 Å². The summed E-state index contributed by atoms with van der Waals surface area (Å²) in [6.45, 7) is 3.28. The summed E-state index contributed by atoms with van der Waals surface area (Å²) in [5, 5.41) is 0. The van der Waals surface area contributed by atoms with Crippen molar-refractivity contribution in [1.82, 2.24) is 0 Å². The molecule has 0 bridgehead atoms. The van der Waals surface area contributed by atoms with Crippen LogP contribution in [-0.4, -0.2) is 25.1 Å². The molecule has 0 fully saturated rings. The molecule has 0 radical (unpaired) electrons. The van der Waals surface area contributed by atoms with Gasteiger partial charge in [-0.25, -0.2) is 0 Å². The van der Waals surface area contributed by atoms with Gasteiger partial charge in [0.1, 0.15) is 0 Å². The Morgan fingerprint density at radius 1 is 1.33 bits per heavy atom. The third kappa shape index (κ3) is 3.03. The zero-order valence-corrected chi connectivity index (χ0v) is 12.5. The number of carbonyl (C=O) groups excluding carboxylic acids is 1. The number of dihydropyridines is 1. The van der Waals surface area contributed by atoms with E-state index in [2.05, 4.69) is 4.99 Å². The van der Waals surface area contributed by atoms with Crippen molar-refractivity contribution in [3.63, 3.8) is 0 Å². The van der Waals surface area contributed by atoms with Gasteiger partial charge >= 0.3 is 0 Å². The van der Waals surface area contributed by atoms with Crippen LogP contribution >= 0.6 is 0 Å². The van der Waals surface area contributed by atoms with Crippen molar-refractivity contribution in [2.24, 2.45) is 16.6 Å². The van der Waals surface area contributed by atoms with Gasteiger partial charge in [-0.15, -0.1) is 0 Å². The highest BCUT2D eigenvalue weighted by atomic mass is 32.2. The zero-order valence-electron chi connectivity index (χ0n) is 11.6. The van der Waals surface area contributed by atoms with Gasteiger partial charge in [0, 0.05) is 6.21 Å². The van der Waals surface area contributed by atoms with Gasteiger partial charge < -0.3 is 5.73 Å². The van der Waals surface area contributed by atoms with Crippen molar-refractivity contribution in [1.29, 1.82) is 0 Å². The third-order valence-corrected chi connectivity index (χ3v) is 4.44. The van der Waals surface area contributed by atoms with E-state index in [0.717, 1.165) is 0 Å². The lowest BCUT2D eigenvalue weighted by atomic mass is 9.88. The second-order valence-electron chi connectivity index (χ2n) is 5.01. The Hall–Kier alpha value is -1.99. The number of nitrogens with two attached hydrogens (primary N) is 1. The molecule has 0 aliphatic carbocycles. The normalized spacial score (nSPS) is 21.5. The molecule has 2 rings (SSSR count). The first-order valence-electron chi connectivity index (χ1n) is 6.29. The number of hydrogen-bond donors (Lipinski definition) is 2. The summed E-state index contributed by atoms with van der Waals surface area (Å²) in [5.41, 5.74) is 6.95. The lowest BCUT2D eigenvalue weighted by molar-refractivity contribution is -0.121. The molecule has 3 N–H and O–H groups in total. The summed E-state index contributed by atoms with van der Waals surface area (Å²) in [4.78, 5) is 15.6. The summed E-state index contributed by atoms with van der Waals surface area (Å²) >= 11 is 0. The topological polar surface area (TPSA) is 110 Å². The van der Waals surface area contributed by atoms with Crippen molar-refractivity contribution in [2.75, 3.05) is 0 Å². The molecular weight excluding hydrogens is 292 g/mol. The SMILES string of the molecule is Cc1cc(C2N=CC=CC2C(N)=O)c(C)c(S(=O)(=O)O)c1. The average Bonchev–Trinajstić information content (AvgIpc) is 2.39. The summed E-state index contributed by atoms with van der Waals surface area (Å²) in [6, 6.07) is 2.55. The summed E-state index contributed by atoms with van der Waals surface area (Å²) in [6.07, 6.45) is 4.80. The first kappa shape index (κ1) is 15.4. The Kier molecular flexibility index (Phi) is 3.97. The maximum Gasteiger partial charge on any atom is 0.294 e. The van der Waals surface area contributed by atoms with E-state index in [0.29, 0.717) is 16.7 Å². The number of aliphatic imine (C=N–C) groups is 1. The highest BCUT2D eigenvalue weighted by Crippen LogP contribution is 2.34. The predicted octanol–water partition coefficient (Wildman–Crippen LogP) is 1.33. The number of benzene rings is 1. The van der Waals surface area contributed by atoms with E-state index in [1.54, 1.807) is 38.3 Å². The monoisotopic (exact) mass is 308 g/mol. The van der Waals surface area contributed by atoms with Gasteiger partial charge in [0.2, 0.25) is 5.91 Å². The minimum absolute atomic E-state index is 0.175. The molecule has 1 aliphatic heterocycles. The number of rotatable bonds is 3. The Labute approximate surface area is 123 Å². The highest BCUT2D eigenvalue weighted by molar-refractivity contribution is 7.85. The first-order valence-corrected chi connectivity index (χ1v) is 7.73. The number of hydrogen-bond acceptors (Lipinski definition) is 4. The lowest BCUT2D eigenvalue weighted by Gasteiger charge is -2.24. The molecule has 21 heavy (non-hydrogen) atoms. The largest absolute Gasteiger partial charge is 0.369 e. The van der Waals surface area contributed by atoms with Crippen molar-refractivity contribution in [2.45, 2.75) is 24.8 Å². The highest BCUT2D eigenvalue weighted by Gasteiger charge is 2.29. The molecule has 2 unspecified atom stereocenters. The summed E-state index contributed by atoms with van der Waals surface area (Å²) < 4.78 is 32.3. The fraction of sp³-hybridized carbons (Fsp3) is 0.286. The van der Waals surface area contributed by atoms with Crippen LogP contribution in [0.5, 0.6) is 0 Å². The predicted molar refractivity (Wildman–Crippen MR) is 78.8 cm³/mol. The second-order valence-corrected chi connectivity index (χ2v) is 6.40. The quantitative estimate of drug-likeness (QED) is 0.821. The summed E-state index contributed by atoms with van der Waals surface area (Å²) in [5.74, 6) is -1.19. The molecule has 6 nitrogen and oxygen atoms in total. The molecule has 0 saturated heterocycles. The molecule has 112 valence electrons. The fourth-order valence-electron chi connectivity index (χ4n) is 2.46. The molecule has 0 saturated carbocycles. The van der Waals surface area contributed by atoms with Crippen LogP contribution in [0.25, 0.3) is 0 Å². The summed E-state index contributed by atoms with van der Waals surface area (Å²) in [7, 11) is -4.34. The molecular formula is C14H16N2O4S. The fourth-order valence-corrected chi connectivity index (χ4v) is 3.30. The molecule has 1 aromatic rings. The van der Waals surface area contributed by atoms with Gasteiger partial charge in [0.05, 0.1) is 16.9 Å². The van der Waals surface area contributed by atoms with E-state index >= 15 is 0 Å². The molecule has 1 heterocycles. The number of aryl methyl sites for hydroxylation is 1. The van der Waals surface area contributed by atoms with Crippen LogP contribution in [0.2, 0.25) is 0 Å². The van der Waals surface area contributed by atoms with Crippen LogP contribution in [0.15, 0.2) is 34.2 Å². The number of amides is 1. The van der Waals surface area contributed by atoms with Crippen molar-refractivity contribution in [3.05, 3.63) is 41.0 Å². The number of carbonyl (C=O) groups is 1. The first-order chi connectivity index (χ1) is 9.71. The van der Waals surface area contributed by atoms with E-state index in [1.807, 2.05) is 0 Å². The Morgan fingerprint density at radius 3 is 2.57 bits per heavy atom. The minimum atomic E-state index is -4.34. The van der Waals surface area contributed by atoms with Gasteiger partial charge in [-0.1, -0.05) is 12.1 Å². The molecule has 0 spiro atoms. The van der Waals surface area contributed by atoms with Gasteiger partial charge in [-0.05, 0) is 42.7 Å². The van der Waals surface area contributed by atoms with Crippen molar-refractivity contribution in [3.8, 4) is 0 Å². The Bertz CT molecular complexity index is 750. The zero-order chi connectivity index (χ0) is 15.8. The van der Waals surface area contributed by atoms with Gasteiger partial charge in [0.25, 0.3) is 10.1 Å². The number of primary amides is 1. The maximum absolute atomic E-state index is 11.5. The molecule has 1 aromatic carbocycles. The van der Waals surface area contributed by atoms with E-state index in [4.69, 9.17) is 5.73 Å². The van der Waals surface area contributed by atoms with Gasteiger partial charge in [0.15, 0.2) is 0 Å². The Balaban J connectivity index is 2.64. The molecule has 0 aromatic heterocycles. The second kappa shape index (κ2) is 5.42. The van der Waals surface area contributed by atoms with Crippen LogP contribution in [-0.2, 0) is 14.9 Å². The third-order valence-electron chi connectivity index (χ3n) is 3.46. The van der Waals surface area contributed by atoms with E-state index in [1.165, 1.54) is 6.07 Å². The molecule has 1 amide bonds. The molecule has 2 atom stereocenters. The number of allylic oxidation sites excluding steroid dienone is 1. The lowest BCUT2D eigenvalue weighted by Crippen LogP contribution is -2.28. The Morgan fingerprint density at radius 2 is 2.00 bits per heavy atom. The molecule has 1 aliphatic rings. The van der Waals surface area contributed by atoms with Crippen LogP contribution in [0.3, 0.4) is 0 Å². The molecule has 7 heteroatoms. The standard InChI is InChI=1S/C14H16N2O4S/c1-8-6-11(9(2)12(7-8)21(18,19)20)13-10(14(15)17)4-3-5-16-13/h3-7,10,13H,1-2H3,(H2,15,17)(H,18,19,20). The van der Waals surface area contributed by atoms with Gasteiger partial charge in [-0.3, -0.25) is 14.3 Å². The average molecular weight is 308 g/mol. The van der Waals surface area contributed by atoms with E-state index in [9.17, 15) is 17.8 Å². The van der Waals surface area contributed by atoms with Crippen LogP contribution in [0.4, 0.5) is 0 Å².